The zero-order valence-corrected chi connectivity index (χ0v) is 11.6. The number of hydrogen-bond donors (Lipinski definition) is 0. The van der Waals surface area contributed by atoms with E-state index in [2.05, 4.69) is 49.4 Å². The Labute approximate surface area is 103 Å². The molecule has 0 amide bonds. The maximum absolute atomic E-state index is 6.24. The van der Waals surface area contributed by atoms with Crippen molar-refractivity contribution in [3.8, 4) is 0 Å². The molecule has 94 valence electrons. The fraction of sp³-hybridized carbons (Fsp3) is 0.538. The molecule has 0 saturated carbocycles. The van der Waals surface area contributed by atoms with E-state index in [1.165, 1.54) is 5.56 Å². The van der Waals surface area contributed by atoms with Crippen molar-refractivity contribution >= 4 is 7.87 Å². The summed E-state index contributed by atoms with van der Waals surface area (Å²) >= 11 is 0. The predicted molar refractivity (Wildman–Crippen MR) is 71.2 cm³/mol. The van der Waals surface area contributed by atoms with Crippen molar-refractivity contribution in [3.05, 3.63) is 35.9 Å². The summed E-state index contributed by atoms with van der Waals surface area (Å²) < 4.78 is 14.7. The number of rotatable bonds is 1. The summed E-state index contributed by atoms with van der Waals surface area (Å²) in [6.07, 6.45) is 0.174. The van der Waals surface area contributed by atoms with E-state index < -0.39 is 7.87 Å². The standard InChI is InChI=1S/C13H20NO2P/c1-13(2)10-15-17(3)14(13)9-12(16-17)11-7-5-4-6-8-11/h4-8,12,17H,9-10H2,1-3H3/t12-/m0/s1. The van der Waals surface area contributed by atoms with E-state index in [0.29, 0.717) is 0 Å². The third-order valence-corrected chi connectivity index (χ3v) is 6.97. The third-order valence-electron chi connectivity index (χ3n) is 3.79. The first-order valence-corrected chi connectivity index (χ1v) is 8.42. The molecule has 1 atom stereocenters. The Bertz CT molecular complexity index is 423. The Hall–Kier alpha value is -0.470. The van der Waals surface area contributed by atoms with Crippen molar-refractivity contribution < 1.29 is 9.05 Å². The third kappa shape index (κ3) is 1.82. The molecule has 2 fully saturated rings. The fourth-order valence-corrected chi connectivity index (χ4v) is 6.21. The van der Waals surface area contributed by atoms with Crippen LogP contribution in [0.2, 0.25) is 0 Å². The molecule has 0 unspecified atom stereocenters. The zero-order chi connectivity index (χ0) is 12.1. The summed E-state index contributed by atoms with van der Waals surface area (Å²) in [4.78, 5) is 0. The Kier molecular flexibility index (Phi) is 2.57. The summed E-state index contributed by atoms with van der Waals surface area (Å²) in [6.45, 7) is 8.38. The van der Waals surface area contributed by atoms with Gasteiger partial charge in [0, 0.05) is 0 Å². The summed E-state index contributed by atoms with van der Waals surface area (Å²) in [5.41, 5.74) is 1.37. The van der Waals surface area contributed by atoms with Crippen LogP contribution in [0.5, 0.6) is 0 Å². The van der Waals surface area contributed by atoms with Gasteiger partial charge >= 0.3 is 103 Å². The van der Waals surface area contributed by atoms with Gasteiger partial charge in [-0.2, -0.15) is 0 Å². The van der Waals surface area contributed by atoms with E-state index in [4.69, 9.17) is 9.05 Å². The number of fused-ring (bicyclic) bond motifs is 1. The van der Waals surface area contributed by atoms with Gasteiger partial charge < -0.3 is 0 Å². The van der Waals surface area contributed by atoms with Crippen LogP contribution in [0.1, 0.15) is 25.5 Å². The zero-order valence-electron chi connectivity index (χ0n) is 10.6. The van der Waals surface area contributed by atoms with Gasteiger partial charge in [-0.3, -0.25) is 0 Å². The summed E-state index contributed by atoms with van der Waals surface area (Å²) in [5.74, 6) is 0. The molecular weight excluding hydrogens is 233 g/mol. The van der Waals surface area contributed by atoms with Crippen molar-refractivity contribution in [1.29, 1.82) is 0 Å². The van der Waals surface area contributed by atoms with E-state index >= 15 is 0 Å². The van der Waals surface area contributed by atoms with E-state index in [9.17, 15) is 0 Å². The summed E-state index contributed by atoms with van der Waals surface area (Å²) in [5, 5.41) is 0. The predicted octanol–water partition coefficient (Wildman–Crippen LogP) is 2.99. The molecule has 4 heteroatoms. The molecule has 0 spiro atoms. The molecule has 3 rings (SSSR count). The fourth-order valence-electron chi connectivity index (χ4n) is 2.83. The first-order valence-electron chi connectivity index (χ1n) is 6.16. The van der Waals surface area contributed by atoms with Crippen molar-refractivity contribution in [3.63, 3.8) is 0 Å². The Morgan fingerprint density at radius 1 is 1.29 bits per heavy atom. The van der Waals surface area contributed by atoms with E-state index in [1.54, 1.807) is 0 Å². The van der Waals surface area contributed by atoms with Crippen LogP contribution in [0.4, 0.5) is 0 Å². The van der Waals surface area contributed by atoms with Crippen LogP contribution in [0, 0.1) is 0 Å². The molecule has 0 aromatic heterocycles. The van der Waals surface area contributed by atoms with Crippen molar-refractivity contribution in [1.82, 2.24) is 4.67 Å². The monoisotopic (exact) mass is 253 g/mol. The van der Waals surface area contributed by atoms with E-state index in [0.717, 1.165) is 13.2 Å². The molecule has 0 bridgehead atoms. The van der Waals surface area contributed by atoms with Crippen LogP contribution in [0.3, 0.4) is 0 Å². The van der Waals surface area contributed by atoms with Crippen molar-refractivity contribution in [2.24, 2.45) is 0 Å². The Morgan fingerprint density at radius 2 is 2.00 bits per heavy atom. The van der Waals surface area contributed by atoms with Crippen LogP contribution < -0.4 is 0 Å². The summed E-state index contributed by atoms with van der Waals surface area (Å²) in [6, 6.07) is 10.4. The van der Waals surface area contributed by atoms with Crippen LogP contribution in [0.25, 0.3) is 0 Å². The molecule has 0 aliphatic carbocycles. The van der Waals surface area contributed by atoms with E-state index in [1.807, 2.05) is 6.07 Å². The van der Waals surface area contributed by atoms with Gasteiger partial charge in [-0.1, -0.05) is 0 Å². The molecule has 2 aliphatic rings. The van der Waals surface area contributed by atoms with Crippen LogP contribution in [0.15, 0.2) is 30.3 Å². The number of nitrogens with zero attached hydrogens (tertiary/aromatic N) is 1. The quantitative estimate of drug-likeness (QED) is 0.718. The Morgan fingerprint density at radius 3 is 2.65 bits per heavy atom. The first-order chi connectivity index (χ1) is 8.01. The molecule has 3 nitrogen and oxygen atoms in total. The van der Waals surface area contributed by atoms with Gasteiger partial charge in [-0.05, 0) is 0 Å². The minimum atomic E-state index is -2.10. The van der Waals surface area contributed by atoms with Gasteiger partial charge in [0.1, 0.15) is 0 Å². The normalized spacial score (nSPS) is 32.3. The Balaban J connectivity index is 1.87. The molecule has 0 radical (unpaired) electrons. The van der Waals surface area contributed by atoms with E-state index in [-0.39, 0.29) is 11.6 Å². The molecule has 0 N–H and O–H groups in total. The van der Waals surface area contributed by atoms with Crippen LogP contribution in [-0.2, 0) is 9.05 Å². The first kappa shape index (κ1) is 11.6. The molecule has 17 heavy (non-hydrogen) atoms. The van der Waals surface area contributed by atoms with Gasteiger partial charge in [0.15, 0.2) is 0 Å². The molecular formula is C13H20NO2P. The summed E-state index contributed by atoms with van der Waals surface area (Å²) in [7, 11) is -2.10. The molecule has 1 aromatic carbocycles. The number of benzene rings is 1. The average molecular weight is 253 g/mol. The van der Waals surface area contributed by atoms with Gasteiger partial charge in [0.05, 0.1) is 0 Å². The second-order valence-corrected chi connectivity index (χ2v) is 8.49. The maximum atomic E-state index is 6.24. The second kappa shape index (κ2) is 3.76. The average Bonchev–Trinajstić information content (AvgIpc) is 2.77. The van der Waals surface area contributed by atoms with Crippen molar-refractivity contribution in [2.45, 2.75) is 25.5 Å². The van der Waals surface area contributed by atoms with Crippen LogP contribution >= 0.6 is 7.87 Å². The molecule has 1 aromatic rings. The molecule has 2 saturated heterocycles. The molecule has 2 aliphatic heterocycles. The topological polar surface area (TPSA) is 21.7 Å². The van der Waals surface area contributed by atoms with Gasteiger partial charge in [-0.25, -0.2) is 0 Å². The van der Waals surface area contributed by atoms with Gasteiger partial charge in [0.2, 0.25) is 0 Å². The van der Waals surface area contributed by atoms with Gasteiger partial charge in [-0.15, -0.1) is 0 Å². The van der Waals surface area contributed by atoms with Crippen LogP contribution in [-0.4, -0.2) is 30.0 Å². The second-order valence-electron chi connectivity index (χ2n) is 5.63. The van der Waals surface area contributed by atoms with Crippen molar-refractivity contribution in [2.75, 3.05) is 19.8 Å². The number of hydrogen-bond acceptors (Lipinski definition) is 3. The van der Waals surface area contributed by atoms with Gasteiger partial charge in [0.25, 0.3) is 0 Å². The minimum absolute atomic E-state index is 0.116. The molecule has 2 heterocycles. The SMILES string of the molecule is CC1(C)CO[PH]2(C)O[C@H](c3ccccc3)CN12.